The van der Waals surface area contributed by atoms with Crippen molar-refractivity contribution < 1.29 is 4.79 Å². The lowest BCUT2D eigenvalue weighted by Crippen LogP contribution is -2.25. The molecule has 6 heteroatoms. The first kappa shape index (κ1) is 17.6. The number of amidine groups is 1. The van der Waals surface area contributed by atoms with Crippen molar-refractivity contribution in [3.8, 4) is 11.3 Å². The van der Waals surface area contributed by atoms with Crippen molar-refractivity contribution in [1.82, 2.24) is 9.55 Å². The monoisotopic (exact) mass is 378 g/mol. The molecule has 27 heavy (non-hydrogen) atoms. The van der Waals surface area contributed by atoms with Crippen LogP contribution in [-0.2, 0) is 18.3 Å². The van der Waals surface area contributed by atoms with Crippen molar-refractivity contribution in [2.75, 3.05) is 0 Å². The van der Waals surface area contributed by atoms with Crippen molar-refractivity contribution in [1.29, 1.82) is 0 Å². The SMILES string of the molecule is CC1=CC(Cl)C=C2C(=O)N=C(CCc3nc(-c4ccccc4)cn3C)N=C12. The van der Waals surface area contributed by atoms with Crippen LogP contribution in [0.5, 0.6) is 0 Å². The van der Waals surface area contributed by atoms with Crippen molar-refractivity contribution in [3.63, 3.8) is 0 Å². The Balaban J connectivity index is 1.53. The quantitative estimate of drug-likeness (QED) is 0.758. The third-order valence-electron chi connectivity index (χ3n) is 4.68. The van der Waals surface area contributed by atoms with Gasteiger partial charge in [0.1, 0.15) is 11.7 Å². The summed E-state index contributed by atoms with van der Waals surface area (Å²) in [6.07, 6.45) is 6.83. The molecule has 5 nitrogen and oxygen atoms in total. The highest BCUT2D eigenvalue weighted by Gasteiger charge is 2.27. The summed E-state index contributed by atoms with van der Waals surface area (Å²) in [5.41, 5.74) is 4.12. The van der Waals surface area contributed by atoms with E-state index in [-0.39, 0.29) is 11.3 Å². The highest BCUT2D eigenvalue weighted by atomic mass is 35.5. The van der Waals surface area contributed by atoms with E-state index < -0.39 is 0 Å². The molecule has 1 aliphatic heterocycles. The van der Waals surface area contributed by atoms with Crippen molar-refractivity contribution in [2.45, 2.75) is 25.1 Å². The van der Waals surface area contributed by atoms with Gasteiger partial charge in [-0.1, -0.05) is 36.4 Å². The Labute approximate surface area is 162 Å². The number of rotatable bonds is 4. The van der Waals surface area contributed by atoms with Gasteiger partial charge in [0, 0.05) is 31.6 Å². The minimum atomic E-state index is -0.288. The van der Waals surface area contributed by atoms with Crippen molar-refractivity contribution >= 4 is 29.1 Å². The minimum Gasteiger partial charge on any atom is -0.337 e. The number of hydrogen-bond donors (Lipinski definition) is 0. The summed E-state index contributed by atoms with van der Waals surface area (Å²) in [7, 11) is 1.98. The van der Waals surface area contributed by atoms with E-state index in [2.05, 4.69) is 9.98 Å². The molecule has 1 unspecified atom stereocenters. The summed E-state index contributed by atoms with van der Waals surface area (Å²) in [6, 6.07) is 10.1. The number of alkyl halides is 1. The van der Waals surface area contributed by atoms with Crippen molar-refractivity contribution in [3.05, 3.63) is 65.7 Å². The Morgan fingerprint density at radius 1 is 1.11 bits per heavy atom. The summed E-state index contributed by atoms with van der Waals surface area (Å²) in [5.74, 6) is 1.21. The summed E-state index contributed by atoms with van der Waals surface area (Å²) < 4.78 is 2.01. The maximum absolute atomic E-state index is 12.4. The fraction of sp³-hybridized carbons (Fsp3) is 0.238. The molecule has 0 radical (unpaired) electrons. The number of carbonyl (C=O) groups is 1. The lowest BCUT2D eigenvalue weighted by atomic mass is 9.95. The smallest absolute Gasteiger partial charge is 0.280 e. The number of nitrogens with zero attached hydrogens (tertiary/aromatic N) is 4. The van der Waals surface area contributed by atoms with Gasteiger partial charge in [0.05, 0.1) is 22.4 Å². The second-order valence-electron chi connectivity index (χ2n) is 6.69. The molecule has 4 rings (SSSR count). The van der Waals surface area contributed by atoms with Gasteiger partial charge in [-0.15, -0.1) is 11.6 Å². The lowest BCUT2D eigenvalue weighted by Gasteiger charge is -2.19. The van der Waals surface area contributed by atoms with Crippen LogP contribution in [0.25, 0.3) is 11.3 Å². The van der Waals surface area contributed by atoms with Crippen LogP contribution in [0.4, 0.5) is 0 Å². The zero-order valence-corrected chi connectivity index (χ0v) is 15.9. The van der Waals surface area contributed by atoms with Crippen LogP contribution in [-0.4, -0.2) is 32.4 Å². The number of aliphatic imine (C=N–C) groups is 2. The summed E-state index contributed by atoms with van der Waals surface area (Å²) >= 11 is 6.13. The summed E-state index contributed by atoms with van der Waals surface area (Å²) in [5, 5.41) is -0.288. The predicted molar refractivity (Wildman–Crippen MR) is 108 cm³/mol. The molecular formula is C21H19ClN4O. The molecule has 1 aliphatic carbocycles. The first-order valence-corrected chi connectivity index (χ1v) is 9.28. The van der Waals surface area contributed by atoms with E-state index in [1.807, 2.05) is 61.1 Å². The normalized spacial score (nSPS) is 19.1. The van der Waals surface area contributed by atoms with Gasteiger partial charge in [0.15, 0.2) is 0 Å². The van der Waals surface area contributed by atoms with E-state index in [0.29, 0.717) is 30.0 Å². The number of carbonyl (C=O) groups excluding carboxylic acids is 1. The fourth-order valence-corrected chi connectivity index (χ4v) is 3.60. The van der Waals surface area contributed by atoms with Crippen LogP contribution < -0.4 is 0 Å². The van der Waals surface area contributed by atoms with E-state index in [1.54, 1.807) is 6.08 Å². The minimum absolute atomic E-state index is 0.266. The maximum Gasteiger partial charge on any atom is 0.280 e. The molecule has 0 saturated carbocycles. The Bertz CT molecular complexity index is 1030. The average Bonchev–Trinajstić information content (AvgIpc) is 3.02. The van der Waals surface area contributed by atoms with Gasteiger partial charge in [0.25, 0.3) is 5.91 Å². The van der Waals surface area contributed by atoms with Gasteiger partial charge in [0.2, 0.25) is 0 Å². The molecular weight excluding hydrogens is 360 g/mol. The molecule has 136 valence electrons. The number of benzene rings is 1. The summed E-state index contributed by atoms with van der Waals surface area (Å²) in [6.45, 7) is 1.92. The molecule has 0 spiro atoms. The molecule has 0 saturated heterocycles. The second-order valence-corrected chi connectivity index (χ2v) is 7.19. The molecule has 1 aromatic carbocycles. The zero-order chi connectivity index (χ0) is 19.0. The third kappa shape index (κ3) is 3.55. The van der Waals surface area contributed by atoms with Crippen LogP contribution >= 0.6 is 11.6 Å². The van der Waals surface area contributed by atoms with Crippen LogP contribution in [0.1, 0.15) is 19.2 Å². The van der Waals surface area contributed by atoms with E-state index >= 15 is 0 Å². The number of aromatic nitrogens is 2. The van der Waals surface area contributed by atoms with Crippen molar-refractivity contribution in [2.24, 2.45) is 17.0 Å². The van der Waals surface area contributed by atoms with E-state index in [4.69, 9.17) is 16.6 Å². The molecule has 0 bridgehead atoms. The van der Waals surface area contributed by atoms with E-state index in [0.717, 1.165) is 22.7 Å². The van der Waals surface area contributed by atoms with Gasteiger partial charge >= 0.3 is 0 Å². The Morgan fingerprint density at radius 3 is 2.67 bits per heavy atom. The van der Waals surface area contributed by atoms with Crippen LogP contribution in [0.2, 0.25) is 0 Å². The van der Waals surface area contributed by atoms with Gasteiger partial charge in [-0.2, -0.15) is 4.99 Å². The number of fused-ring (bicyclic) bond motifs is 1. The number of imidazole rings is 1. The number of aryl methyl sites for hydroxylation is 2. The summed E-state index contributed by atoms with van der Waals surface area (Å²) in [4.78, 5) is 25.8. The highest BCUT2D eigenvalue weighted by Crippen LogP contribution is 2.24. The number of allylic oxidation sites excluding steroid dienone is 3. The first-order chi connectivity index (χ1) is 13.0. The van der Waals surface area contributed by atoms with E-state index in [9.17, 15) is 4.79 Å². The second kappa shape index (κ2) is 7.08. The predicted octanol–water partition coefficient (Wildman–Crippen LogP) is 3.89. The number of halogens is 1. The lowest BCUT2D eigenvalue weighted by molar-refractivity contribution is -0.113. The molecule has 1 atom stereocenters. The van der Waals surface area contributed by atoms with E-state index in [1.165, 1.54) is 0 Å². The van der Waals surface area contributed by atoms with Gasteiger partial charge in [-0.25, -0.2) is 9.98 Å². The Kier molecular flexibility index (Phi) is 4.62. The number of amides is 1. The molecule has 0 N–H and O–H groups in total. The van der Waals surface area contributed by atoms with Gasteiger partial charge in [-0.3, -0.25) is 4.79 Å². The van der Waals surface area contributed by atoms with Crippen LogP contribution in [0.3, 0.4) is 0 Å². The Morgan fingerprint density at radius 2 is 1.89 bits per heavy atom. The van der Waals surface area contributed by atoms with Crippen LogP contribution in [0.15, 0.2) is 69.8 Å². The number of hydrogen-bond acceptors (Lipinski definition) is 3. The molecule has 1 amide bonds. The molecule has 2 aromatic rings. The first-order valence-electron chi connectivity index (χ1n) is 8.84. The molecule has 0 fully saturated rings. The molecule has 2 heterocycles. The largest absolute Gasteiger partial charge is 0.337 e. The van der Waals surface area contributed by atoms with Crippen LogP contribution in [0, 0.1) is 0 Å². The standard InChI is InChI=1S/C21H19ClN4O/c1-13-10-15(22)11-16-20(13)24-18(25-21(16)27)8-9-19-23-17(12-26(19)2)14-6-4-3-5-7-14/h3-7,10-12,15H,8-9H2,1-2H3. The van der Waals surface area contributed by atoms with Gasteiger partial charge < -0.3 is 4.57 Å². The molecule has 2 aliphatic rings. The van der Waals surface area contributed by atoms with Gasteiger partial charge in [-0.05, 0) is 18.6 Å². The Hall–Kier alpha value is -2.79. The zero-order valence-electron chi connectivity index (χ0n) is 15.2. The average molecular weight is 379 g/mol. The topological polar surface area (TPSA) is 59.6 Å². The third-order valence-corrected chi connectivity index (χ3v) is 4.93. The molecule has 1 aromatic heterocycles. The highest BCUT2D eigenvalue weighted by molar-refractivity contribution is 6.36. The maximum atomic E-state index is 12.4. The fourth-order valence-electron chi connectivity index (χ4n) is 3.29.